The molecule has 1 aromatic carbocycles. The fourth-order valence-corrected chi connectivity index (χ4v) is 3.83. The number of fused-ring (bicyclic) bond motifs is 1. The summed E-state index contributed by atoms with van der Waals surface area (Å²) in [6, 6.07) is 1.38. The average molecular weight is 408 g/mol. The van der Waals surface area contributed by atoms with E-state index in [1.165, 1.54) is 13.8 Å². The highest BCUT2D eigenvalue weighted by Gasteiger charge is 2.51. The molecule has 1 aliphatic carbocycles. The number of hydrogen-bond acceptors (Lipinski definition) is 5. The van der Waals surface area contributed by atoms with Gasteiger partial charge in [0, 0.05) is 6.07 Å². The predicted molar refractivity (Wildman–Crippen MR) is 97.3 cm³/mol. The number of ether oxygens (including phenoxy) is 1. The first kappa shape index (κ1) is 20.9. The number of carbonyl (C=O) groups excluding carboxylic acids is 4. The highest BCUT2D eigenvalue weighted by Crippen LogP contribution is 2.39. The van der Waals surface area contributed by atoms with Gasteiger partial charge in [-0.3, -0.25) is 19.3 Å². The van der Waals surface area contributed by atoms with Crippen molar-refractivity contribution in [3.63, 3.8) is 0 Å². The molecule has 3 rings (SSSR count). The van der Waals surface area contributed by atoms with Crippen molar-refractivity contribution in [1.82, 2.24) is 4.90 Å². The van der Waals surface area contributed by atoms with E-state index < -0.39 is 47.5 Å². The average Bonchev–Trinajstić information content (AvgIpc) is 2.94. The second-order valence-corrected chi connectivity index (χ2v) is 7.41. The van der Waals surface area contributed by atoms with Gasteiger partial charge in [0.1, 0.15) is 17.7 Å². The summed E-state index contributed by atoms with van der Waals surface area (Å²) >= 11 is 0. The molecule has 1 heterocycles. The fourth-order valence-electron chi connectivity index (χ4n) is 3.83. The number of esters is 1. The van der Waals surface area contributed by atoms with Gasteiger partial charge in [0.25, 0.3) is 5.91 Å². The van der Waals surface area contributed by atoms with Crippen LogP contribution >= 0.6 is 0 Å². The summed E-state index contributed by atoms with van der Waals surface area (Å²) < 4.78 is 31.9. The van der Waals surface area contributed by atoms with E-state index in [1.807, 2.05) is 0 Å². The molecule has 2 aliphatic rings. The number of halogens is 2. The molecule has 1 aliphatic heterocycles. The Bertz CT molecular complexity index is 835. The summed E-state index contributed by atoms with van der Waals surface area (Å²) in [5.41, 5.74) is -0.389. The number of amides is 3. The maximum atomic E-state index is 13.6. The van der Waals surface area contributed by atoms with Crippen LogP contribution in [0.25, 0.3) is 0 Å². The van der Waals surface area contributed by atoms with Crippen molar-refractivity contribution in [2.75, 3.05) is 5.32 Å². The Balaban J connectivity index is 1.63. The van der Waals surface area contributed by atoms with Gasteiger partial charge in [-0.05, 0) is 38.8 Å². The topological polar surface area (TPSA) is 92.8 Å². The molecule has 0 bridgehead atoms. The van der Waals surface area contributed by atoms with Crippen molar-refractivity contribution in [3.8, 4) is 0 Å². The molecule has 1 aromatic rings. The second-order valence-electron chi connectivity index (χ2n) is 7.41. The number of imide groups is 1. The Morgan fingerprint density at radius 2 is 1.69 bits per heavy atom. The Morgan fingerprint density at radius 1 is 1.10 bits per heavy atom. The van der Waals surface area contributed by atoms with Crippen molar-refractivity contribution >= 4 is 29.4 Å². The number of likely N-dealkylation sites (tertiary alicyclic amines) is 1. The van der Waals surface area contributed by atoms with E-state index in [0.717, 1.165) is 35.9 Å². The number of carbonyl (C=O) groups is 4. The SMILES string of the molecule is C[C@H](OC(=O)[C@H](C)N1C(=O)[C@H]2CCCC[C@@H]2C1=O)C(=O)Nc1cc(F)ccc1F. The molecule has 1 saturated heterocycles. The van der Waals surface area contributed by atoms with Gasteiger partial charge in [0.2, 0.25) is 11.8 Å². The summed E-state index contributed by atoms with van der Waals surface area (Å²) in [7, 11) is 0. The standard InChI is InChI=1S/C20H22F2N2O5/c1-10(24-18(26)13-5-3-4-6-14(13)19(24)27)20(28)29-11(2)17(25)23-16-9-12(21)7-8-15(16)22/h7-11,13-14H,3-6H2,1-2H3,(H,23,25)/t10-,11-,13-,14-/m0/s1. The van der Waals surface area contributed by atoms with Gasteiger partial charge in [-0.2, -0.15) is 0 Å². The Kier molecular flexibility index (Phi) is 5.95. The molecule has 0 aromatic heterocycles. The molecule has 29 heavy (non-hydrogen) atoms. The van der Waals surface area contributed by atoms with Gasteiger partial charge in [0.05, 0.1) is 17.5 Å². The Morgan fingerprint density at radius 3 is 2.28 bits per heavy atom. The molecule has 1 N–H and O–H groups in total. The fraction of sp³-hybridized carbons (Fsp3) is 0.500. The Hall–Kier alpha value is -2.84. The smallest absolute Gasteiger partial charge is 0.329 e. The van der Waals surface area contributed by atoms with Gasteiger partial charge in [-0.15, -0.1) is 0 Å². The van der Waals surface area contributed by atoms with Crippen LogP contribution in [0.1, 0.15) is 39.5 Å². The summed E-state index contributed by atoms with van der Waals surface area (Å²) in [6.45, 7) is 2.62. The zero-order valence-corrected chi connectivity index (χ0v) is 16.1. The monoisotopic (exact) mass is 408 g/mol. The summed E-state index contributed by atoms with van der Waals surface area (Å²) in [5, 5.41) is 2.14. The molecule has 2 fully saturated rings. The number of anilines is 1. The highest BCUT2D eigenvalue weighted by atomic mass is 19.1. The van der Waals surface area contributed by atoms with E-state index in [4.69, 9.17) is 4.74 Å². The van der Waals surface area contributed by atoms with Gasteiger partial charge < -0.3 is 10.1 Å². The third-order valence-electron chi connectivity index (χ3n) is 5.45. The first-order valence-corrected chi connectivity index (χ1v) is 9.54. The van der Waals surface area contributed by atoms with Gasteiger partial charge in [-0.25, -0.2) is 13.6 Å². The van der Waals surface area contributed by atoms with E-state index in [0.29, 0.717) is 12.8 Å². The van der Waals surface area contributed by atoms with Crippen LogP contribution in [0.4, 0.5) is 14.5 Å². The zero-order chi connectivity index (χ0) is 21.3. The van der Waals surface area contributed by atoms with E-state index in [9.17, 15) is 28.0 Å². The molecule has 4 atom stereocenters. The molecule has 156 valence electrons. The lowest BCUT2D eigenvalue weighted by molar-refractivity contribution is -0.163. The van der Waals surface area contributed by atoms with Gasteiger partial charge in [0.15, 0.2) is 6.10 Å². The van der Waals surface area contributed by atoms with Crippen LogP contribution in [0.2, 0.25) is 0 Å². The quantitative estimate of drug-likeness (QED) is 0.597. The molecule has 0 spiro atoms. The summed E-state index contributed by atoms with van der Waals surface area (Å²) in [4.78, 5) is 50.7. The summed E-state index contributed by atoms with van der Waals surface area (Å²) in [5.74, 6) is -4.96. The van der Waals surface area contributed by atoms with E-state index in [2.05, 4.69) is 5.32 Å². The first-order valence-electron chi connectivity index (χ1n) is 9.54. The lowest BCUT2D eigenvalue weighted by atomic mass is 9.81. The largest absolute Gasteiger partial charge is 0.451 e. The van der Waals surface area contributed by atoms with Crippen molar-refractivity contribution in [2.24, 2.45) is 11.8 Å². The molecule has 1 saturated carbocycles. The van der Waals surface area contributed by atoms with Crippen LogP contribution in [0, 0.1) is 23.5 Å². The molecule has 3 amide bonds. The molecule has 9 heteroatoms. The normalized spacial score (nSPS) is 23.4. The molecular formula is C20H22F2N2O5. The van der Waals surface area contributed by atoms with E-state index in [1.54, 1.807) is 0 Å². The molecular weight excluding hydrogens is 386 g/mol. The van der Waals surface area contributed by atoms with Gasteiger partial charge in [-0.1, -0.05) is 12.8 Å². The number of rotatable bonds is 5. The minimum atomic E-state index is -1.34. The molecule has 7 nitrogen and oxygen atoms in total. The van der Waals surface area contributed by atoms with Crippen molar-refractivity contribution < 1.29 is 32.7 Å². The summed E-state index contributed by atoms with van der Waals surface area (Å²) in [6.07, 6.45) is 1.61. The number of nitrogens with zero attached hydrogens (tertiary/aromatic N) is 1. The second kappa shape index (κ2) is 8.26. The van der Waals surface area contributed by atoms with Crippen molar-refractivity contribution in [2.45, 2.75) is 51.7 Å². The Labute approximate surface area is 166 Å². The van der Waals surface area contributed by atoms with Crippen LogP contribution < -0.4 is 5.32 Å². The van der Waals surface area contributed by atoms with E-state index in [-0.39, 0.29) is 17.5 Å². The van der Waals surface area contributed by atoms with Crippen LogP contribution in [0.3, 0.4) is 0 Å². The minimum absolute atomic E-state index is 0.386. The maximum absolute atomic E-state index is 13.6. The zero-order valence-electron chi connectivity index (χ0n) is 16.1. The van der Waals surface area contributed by atoms with Crippen molar-refractivity contribution in [1.29, 1.82) is 0 Å². The van der Waals surface area contributed by atoms with Crippen LogP contribution in [0.5, 0.6) is 0 Å². The predicted octanol–water partition coefficient (Wildman–Crippen LogP) is 2.40. The first-order chi connectivity index (χ1) is 13.7. The molecule has 0 unspecified atom stereocenters. The number of hydrogen-bond donors (Lipinski definition) is 1. The van der Waals surface area contributed by atoms with Crippen LogP contribution in [0.15, 0.2) is 18.2 Å². The van der Waals surface area contributed by atoms with Crippen LogP contribution in [-0.2, 0) is 23.9 Å². The van der Waals surface area contributed by atoms with Gasteiger partial charge >= 0.3 is 5.97 Å². The third-order valence-corrected chi connectivity index (χ3v) is 5.45. The third kappa shape index (κ3) is 4.13. The lowest BCUT2D eigenvalue weighted by Gasteiger charge is -2.23. The highest BCUT2D eigenvalue weighted by molar-refractivity contribution is 6.08. The van der Waals surface area contributed by atoms with Crippen molar-refractivity contribution in [3.05, 3.63) is 29.8 Å². The number of nitrogens with one attached hydrogen (secondary N) is 1. The number of benzene rings is 1. The lowest BCUT2D eigenvalue weighted by Crippen LogP contribution is -2.46. The van der Waals surface area contributed by atoms with Crippen LogP contribution in [-0.4, -0.2) is 40.7 Å². The van der Waals surface area contributed by atoms with E-state index >= 15 is 0 Å². The molecule has 0 radical (unpaired) electrons. The minimum Gasteiger partial charge on any atom is -0.451 e. The maximum Gasteiger partial charge on any atom is 0.329 e.